The Hall–Kier alpha value is -3.25. The number of nitrogens with zero attached hydrogens (tertiary/aromatic N) is 2. The van der Waals surface area contributed by atoms with Gasteiger partial charge in [-0.15, -0.1) is 0 Å². The van der Waals surface area contributed by atoms with Crippen molar-refractivity contribution in [2.24, 2.45) is 0 Å². The van der Waals surface area contributed by atoms with Crippen LogP contribution in [-0.2, 0) is 13.0 Å². The van der Waals surface area contributed by atoms with Gasteiger partial charge in [-0.05, 0) is 55.1 Å². The zero-order valence-electron chi connectivity index (χ0n) is 16.9. The number of rotatable bonds is 7. The molecule has 0 saturated carbocycles. The van der Waals surface area contributed by atoms with Crippen molar-refractivity contribution in [1.82, 2.24) is 9.88 Å². The zero-order valence-corrected chi connectivity index (χ0v) is 16.9. The third-order valence-corrected chi connectivity index (χ3v) is 5.00. The molecule has 0 N–H and O–H groups in total. The maximum Gasteiger partial charge on any atom is 0.176 e. The van der Waals surface area contributed by atoms with E-state index in [9.17, 15) is 8.78 Å². The van der Waals surface area contributed by atoms with E-state index in [1.807, 2.05) is 37.4 Å². The number of methoxy groups -OCH3 is 1. The smallest absolute Gasteiger partial charge is 0.176 e. The van der Waals surface area contributed by atoms with Crippen LogP contribution in [0.3, 0.4) is 0 Å². The van der Waals surface area contributed by atoms with E-state index in [2.05, 4.69) is 9.88 Å². The van der Waals surface area contributed by atoms with Crippen LogP contribution in [0, 0.1) is 11.6 Å². The van der Waals surface area contributed by atoms with Gasteiger partial charge in [0.25, 0.3) is 0 Å². The average Bonchev–Trinajstić information content (AvgIpc) is 3.16. The second kappa shape index (κ2) is 8.63. The van der Waals surface area contributed by atoms with E-state index in [0.29, 0.717) is 17.9 Å². The fourth-order valence-electron chi connectivity index (χ4n) is 3.52. The molecule has 154 valence electrons. The Labute approximate surface area is 173 Å². The zero-order chi connectivity index (χ0) is 21.1. The fraction of sp³-hybridized carbons (Fsp3) is 0.208. The van der Waals surface area contributed by atoms with Gasteiger partial charge in [0.1, 0.15) is 17.4 Å². The van der Waals surface area contributed by atoms with Crippen LogP contribution in [0.15, 0.2) is 65.2 Å². The highest BCUT2D eigenvalue weighted by Gasteiger charge is 2.18. The molecule has 0 amide bonds. The van der Waals surface area contributed by atoms with E-state index in [4.69, 9.17) is 9.15 Å². The molecule has 4 nitrogen and oxygen atoms in total. The average molecular weight is 408 g/mol. The number of hydrogen-bond acceptors (Lipinski definition) is 4. The van der Waals surface area contributed by atoms with Gasteiger partial charge in [0.2, 0.25) is 0 Å². The van der Waals surface area contributed by atoms with Gasteiger partial charge < -0.3 is 14.1 Å². The van der Waals surface area contributed by atoms with E-state index in [-0.39, 0.29) is 11.3 Å². The quantitative estimate of drug-likeness (QED) is 0.407. The Balaban J connectivity index is 1.59. The first-order valence-corrected chi connectivity index (χ1v) is 9.68. The summed E-state index contributed by atoms with van der Waals surface area (Å²) in [5.74, 6) is -0.659. The highest BCUT2D eigenvalue weighted by molar-refractivity contribution is 5.88. The third-order valence-electron chi connectivity index (χ3n) is 5.00. The van der Waals surface area contributed by atoms with Crippen LogP contribution in [0.2, 0.25) is 0 Å². The monoisotopic (exact) mass is 408 g/mol. The van der Waals surface area contributed by atoms with Crippen molar-refractivity contribution in [2.45, 2.75) is 13.0 Å². The first-order chi connectivity index (χ1) is 14.5. The van der Waals surface area contributed by atoms with E-state index in [1.165, 1.54) is 18.2 Å². The van der Waals surface area contributed by atoms with Gasteiger partial charge in [0.05, 0.1) is 12.7 Å². The molecule has 30 heavy (non-hydrogen) atoms. The van der Waals surface area contributed by atoms with Crippen molar-refractivity contribution < 1.29 is 17.9 Å². The standard InChI is InChI=1S/C24H22F2N2O2/c1-28(11-9-18-6-3-4-10-27-18)15-16-12-17-14-21(30-24(17)22(13-16)29-2)23-19(25)7-5-8-20(23)26/h3-8,10,12-14H,9,11,15H2,1-2H3. The molecule has 2 aromatic heterocycles. The van der Waals surface area contributed by atoms with E-state index < -0.39 is 11.6 Å². The largest absolute Gasteiger partial charge is 0.493 e. The number of halogens is 2. The van der Waals surface area contributed by atoms with Crippen molar-refractivity contribution in [3.63, 3.8) is 0 Å². The summed E-state index contributed by atoms with van der Waals surface area (Å²) in [5, 5.41) is 0.736. The minimum Gasteiger partial charge on any atom is -0.493 e. The summed E-state index contributed by atoms with van der Waals surface area (Å²) in [6.07, 6.45) is 2.64. The van der Waals surface area contributed by atoms with Crippen LogP contribution < -0.4 is 4.74 Å². The van der Waals surface area contributed by atoms with Crippen molar-refractivity contribution >= 4 is 11.0 Å². The molecular weight excluding hydrogens is 386 g/mol. The molecule has 0 aliphatic rings. The van der Waals surface area contributed by atoms with Crippen LogP contribution in [-0.4, -0.2) is 30.6 Å². The summed E-state index contributed by atoms with van der Waals surface area (Å²) >= 11 is 0. The van der Waals surface area contributed by atoms with Gasteiger partial charge in [-0.25, -0.2) is 8.78 Å². The molecule has 0 saturated heterocycles. The van der Waals surface area contributed by atoms with Crippen molar-refractivity contribution in [3.05, 3.63) is 83.7 Å². The van der Waals surface area contributed by atoms with Crippen molar-refractivity contribution in [3.8, 4) is 17.1 Å². The molecule has 4 rings (SSSR count). The minimum absolute atomic E-state index is 0.138. The lowest BCUT2D eigenvalue weighted by Gasteiger charge is -2.17. The van der Waals surface area contributed by atoms with Crippen LogP contribution >= 0.6 is 0 Å². The molecule has 0 bridgehead atoms. The van der Waals surface area contributed by atoms with Crippen molar-refractivity contribution in [1.29, 1.82) is 0 Å². The number of pyridine rings is 1. The van der Waals surface area contributed by atoms with Crippen LogP contribution in [0.1, 0.15) is 11.3 Å². The van der Waals surface area contributed by atoms with Crippen molar-refractivity contribution in [2.75, 3.05) is 20.7 Å². The van der Waals surface area contributed by atoms with Crippen LogP contribution in [0.4, 0.5) is 8.78 Å². The summed E-state index contributed by atoms with van der Waals surface area (Å²) in [7, 11) is 3.59. The molecular formula is C24H22F2N2O2. The van der Waals surface area contributed by atoms with E-state index >= 15 is 0 Å². The predicted octanol–water partition coefficient (Wildman–Crippen LogP) is 5.46. The lowest BCUT2D eigenvalue weighted by molar-refractivity contribution is 0.329. The van der Waals surface area contributed by atoms with Crippen LogP contribution in [0.25, 0.3) is 22.3 Å². The molecule has 0 radical (unpaired) electrons. The van der Waals surface area contributed by atoms with Crippen LogP contribution in [0.5, 0.6) is 5.75 Å². The number of likely N-dealkylation sites (N-methyl/N-ethyl adjacent to an activating group) is 1. The summed E-state index contributed by atoms with van der Waals surface area (Å²) < 4.78 is 39.6. The highest BCUT2D eigenvalue weighted by Crippen LogP contribution is 2.36. The number of furan rings is 1. The van der Waals surface area contributed by atoms with E-state index in [1.54, 1.807) is 19.4 Å². The first kappa shape index (κ1) is 20.0. The Morgan fingerprint density at radius 3 is 2.53 bits per heavy atom. The second-order valence-electron chi connectivity index (χ2n) is 7.23. The van der Waals surface area contributed by atoms with Gasteiger partial charge in [-0.1, -0.05) is 12.1 Å². The molecule has 0 atom stereocenters. The Bertz CT molecular complexity index is 1140. The number of ether oxygens (including phenoxy) is 1. The molecule has 6 heteroatoms. The van der Waals surface area contributed by atoms with Gasteiger partial charge in [0.15, 0.2) is 11.3 Å². The highest BCUT2D eigenvalue weighted by atomic mass is 19.1. The summed E-state index contributed by atoms with van der Waals surface area (Å²) in [4.78, 5) is 6.54. The molecule has 0 aliphatic heterocycles. The lowest BCUT2D eigenvalue weighted by atomic mass is 10.1. The minimum atomic E-state index is -0.664. The maximum atomic E-state index is 14.2. The number of aromatic nitrogens is 1. The summed E-state index contributed by atoms with van der Waals surface area (Å²) in [6.45, 7) is 1.53. The molecule has 2 heterocycles. The maximum absolute atomic E-state index is 14.2. The first-order valence-electron chi connectivity index (χ1n) is 9.68. The number of fused-ring (bicyclic) bond motifs is 1. The molecule has 4 aromatic rings. The van der Waals surface area contributed by atoms with Gasteiger partial charge >= 0.3 is 0 Å². The predicted molar refractivity (Wildman–Crippen MR) is 112 cm³/mol. The molecule has 0 spiro atoms. The number of hydrogen-bond donors (Lipinski definition) is 0. The molecule has 0 aliphatic carbocycles. The summed E-state index contributed by atoms with van der Waals surface area (Å²) in [6, 6.07) is 15.2. The normalized spacial score (nSPS) is 11.4. The topological polar surface area (TPSA) is 38.5 Å². The van der Waals surface area contributed by atoms with E-state index in [0.717, 1.165) is 29.6 Å². The second-order valence-corrected chi connectivity index (χ2v) is 7.23. The van der Waals surface area contributed by atoms with Gasteiger partial charge in [0, 0.05) is 36.8 Å². The fourth-order valence-corrected chi connectivity index (χ4v) is 3.52. The van der Waals surface area contributed by atoms with Gasteiger partial charge in [-0.3, -0.25) is 4.98 Å². The lowest BCUT2D eigenvalue weighted by Crippen LogP contribution is -2.21. The van der Waals surface area contributed by atoms with Gasteiger partial charge in [-0.2, -0.15) is 0 Å². The third kappa shape index (κ3) is 4.19. The Morgan fingerprint density at radius 1 is 1.03 bits per heavy atom. The molecule has 0 fully saturated rings. The summed E-state index contributed by atoms with van der Waals surface area (Å²) in [5.41, 5.74) is 2.35. The Morgan fingerprint density at radius 2 is 1.83 bits per heavy atom. The molecule has 0 unspecified atom stereocenters. The SMILES string of the molecule is COc1cc(CN(C)CCc2ccccn2)cc2cc(-c3c(F)cccc3F)oc12. The Kier molecular flexibility index (Phi) is 5.77. The molecule has 2 aromatic carbocycles. The number of benzene rings is 2.